The Labute approximate surface area is 143 Å². The third-order valence-corrected chi connectivity index (χ3v) is 5.08. The van der Waals surface area contributed by atoms with Crippen LogP contribution in [0.2, 0.25) is 5.02 Å². The quantitative estimate of drug-likeness (QED) is 0.703. The van der Waals surface area contributed by atoms with Gasteiger partial charge in [0.05, 0.1) is 21.6 Å². The second kappa shape index (κ2) is 6.69. The largest absolute Gasteiger partial charge is 0.481 e. The van der Waals surface area contributed by atoms with Gasteiger partial charge in [-0.05, 0) is 42.3 Å². The summed E-state index contributed by atoms with van der Waals surface area (Å²) in [6, 6.07) is 13.6. The van der Waals surface area contributed by atoms with Crippen LogP contribution in [-0.2, 0) is 11.2 Å². The fourth-order valence-electron chi connectivity index (χ4n) is 2.64. The number of carboxylic acid groups (broad SMARTS) is 1. The predicted octanol–water partition coefficient (Wildman–Crippen LogP) is 5.06. The number of rotatable bonds is 5. The Balaban J connectivity index is 1.89. The molecular weight excluding hydrogens is 330 g/mol. The molecule has 3 nitrogen and oxygen atoms in total. The van der Waals surface area contributed by atoms with Crippen LogP contribution in [0.3, 0.4) is 0 Å². The van der Waals surface area contributed by atoms with Crippen molar-refractivity contribution < 1.29 is 9.90 Å². The summed E-state index contributed by atoms with van der Waals surface area (Å²) in [5.74, 6) is -0.909. The van der Waals surface area contributed by atoms with Gasteiger partial charge in [-0.15, -0.1) is 11.3 Å². The molecule has 0 aliphatic rings. The van der Waals surface area contributed by atoms with Crippen LogP contribution in [0.1, 0.15) is 28.5 Å². The van der Waals surface area contributed by atoms with Crippen molar-refractivity contribution in [3.63, 3.8) is 0 Å². The zero-order valence-corrected chi connectivity index (χ0v) is 14.2. The van der Waals surface area contributed by atoms with Crippen LogP contribution in [0.5, 0.6) is 0 Å². The monoisotopic (exact) mass is 345 g/mol. The molecule has 3 aromatic rings. The molecule has 5 heteroatoms. The molecule has 1 heterocycles. The Bertz CT molecular complexity index is 842. The van der Waals surface area contributed by atoms with E-state index in [-0.39, 0.29) is 12.3 Å². The second-order valence-corrected chi connectivity index (χ2v) is 7.18. The van der Waals surface area contributed by atoms with Crippen LogP contribution in [0.4, 0.5) is 0 Å². The van der Waals surface area contributed by atoms with Gasteiger partial charge >= 0.3 is 5.97 Å². The molecule has 0 saturated carbocycles. The van der Waals surface area contributed by atoms with Gasteiger partial charge in [0.2, 0.25) is 0 Å². The number of aliphatic carboxylic acids is 1. The molecule has 0 spiro atoms. The second-order valence-electron chi connectivity index (χ2n) is 5.63. The zero-order chi connectivity index (χ0) is 16.4. The van der Waals surface area contributed by atoms with Gasteiger partial charge in [0, 0.05) is 17.4 Å². The third kappa shape index (κ3) is 3.89. The van der Waals surface area contributed by atoms with E-state index in [0.29, 0.717) is 11.4 Å². The van der Waals surface area contributed by atoms with Gasteiger partial charge in [0.15, 0.2) is 0 Å². The maximum Gasteiger partial charge on any atom is 0.303 e. The van der Waals surface area contributed by atoms with E-state index < -0.39 is 5.97 Å². The summed E-state index contributed by atoms with van der Waals surface area (Å²) in [6.07, 6.45) is 0.697. The normalized spacial score (nSPS) is 12.4. The van der Waals surface area contributed by atoms with Crippen molar-refractivity contribution in [2.24, 2.45) is 0 Å². The molecule has 1 unspecified atom stereocenters. The van der Waals surface area contributed by atoms with E-state index in [1.165, 1.54) is 5.56 Å². The number of hydrogen-bond acceptors (Lipinski definition) is 3. The Morgan fingerprint density at radius 3 is 2.70 bits per heavy atom. The average Bonchev–Trinajstić information content (AvgIpc) is 2.88. The first kappa shape index (κ1) is 16.0. The lowest BCUT2D eigenvalue weighted by Crippen LogP contribution is -2.09. The molecule has 23 heavy (non-hydrogen) atoms. The van der Waals surface area contributed by atoms with Crippen molar-refractivity contribution in [2.75, 3.05) is 0 Å². The van der Waals surface area contributed by atoms with Crippen molar-refractivity contribution in [3.05, 3.63) is 63.6 Å². The molecule has 0 radical (unpaired) electrons. The summed E-state index contributed by atoms with van der Waals surface area (Å²) in [5.41, 5.74) is 3.14. The minimum atomic E-state index is -0.804. The van der Waals surface area contributed by atoms with Gasteiger partial charge in [0.25, 0.3) is 0 Å². The van der Waals surface area contributed by atoms with Crippen molar-refractivity contribution in [1.82, 2.24) is 4.98 Å². The Hall–Kier alpha value is -1.91. The van der Waals surface area contributed by atoms with Crippen molar-refractivity contribution in [3.8, 4) is 0 Å². The van der Waals surface area contributed by atoms with E-state index in [1.54, 1.807) is 23.5 Å². The summed E-state index contributed by atoms with van der Waals surface area (Å²) >= 11 is 7.55. The zero-order valence-electron chi connectivity index (χ0n) is 12.6. The lowest BCUT2D eigenvalue weighted by atomic mass is 9.93. The highest BCUT2D eigenvalue weighted by Gasteiger charge is 2.18. The van der Waals surface area contributed by atoms with Crippen molar-refractivity contribution in [1.29, 1.82) is 0 Å². The summed E-state index contributed by atoms with van der Waals surface area (Å²) in [5, 5.41) is 10.8. The lowest BCUT2D eigenvalue weighted by molar-refractivity contribution is -0.137. The topological polar surface area (TPSA) is 50.2 Å². The number of aromatic nitrogens is 1. The number of benzene rings is 2. The molecule has 0 fully saturated rings. The first-order valence-corrected chi connectivity index (χ1v) is 8.54. The Kier molecular flexibility index (Phi) is 4.64. The van der Waals surface area contributed by atoms with Crippen LogP contribution in [0, 0.1) is 6.92 Å². The fourth-order valence-corrected chi connectivity index (χ4v) is 3.79. The van der Waals surface area contributed by atoms with E-state index >= 15 is 0 Å². The van der Waals surface area contributed by atoms with Crippen molar-refractivity contribution >= 4 is 39.1 Å². The Morgan fingerprint density at radius 1 is 1.26 bits per heavy atom. The molecule has 0 saturated heterocycles. The maximum atomic E-state index is 11.2. The summed E-state index contributed by atoms with van der Waals surface area (Å²) < 4.78 is 1.13. The highest BCUT2D eigenvalue weighted by atomic mass is 35.5. The minimum Gasteiger partial charge on any atom is -0.481 e. The van der Waals surface area contributed by atoms with E-state index in [0.717, 1.165) is 20.8 Å². The average molecular weight is 346 g/mol. The molecule has 0 aliphatic heterocycles. The van der Waals surface area contributed by atoms with Crippen LogP contribution >= 0.6 is 22.9 Å². The molecule has 118 valence electrons. The number of halogens is 1. The molecular formula is C18H16ClNO2S. The lowest BCUT2D eigenvalue weighted by Gasteiger charge is -2.14. The smallest absolute Gasteiger partial charge is 0.303 e. The van der Waals surface area contributed by atoms with Gasteiger partial charge < -0.3 is 5.11 Å². The van der Waals surface area contributed by atoms with E-state index in [1.807, 2.05) is 19.1 Å². The molecule has 1 aromatic heterocycles. The van der Waals surface area contributed by atoms with Gasteiger partial charge in [-0.2, -0.15) is 0 Å². The van der Waals surface area contributed by atoms with E-state index in [2.05, 4.69) is 23.2 Å². The molecule has 2 aromatic carbocycles. The fraction of sp³-hybridized carbons (Fsp3) is 0.222. The predicted molar refractivity (Wildman–Crippen MR) is 94.5 cm³/mol. The third-order valence-electron chi connectivity index (χ3n) is 3.77. The summed E-state index contributed by atoms with van der Waals surface area (Å²) in [6.45, 7) is 2.04. The molecule has 0 bridgehead atoms. The first-order chi connectivity index (χ1) is 11.0. The number of fused-ring (bicyclic) bond motifs is 1. The SMILES string of the molecule is Cc1ccc2sc(CC(CC(=O)O)c3ccc(Cl)cc3)nc2c1. The van der Waals surface area contributed by atoms with E-state index in [4.69, 9.17) is 11.6 Å². The van der Waals surface area contributed by atoms with Gasteiger partial charge in [0.1, 0.15) is 0 Å². The standard InChI is InChI=1S/C18H16ClNO2S/c1-11-2-7-16-15(8-11)20-17(23-16)9-13(10-18(21)22)12-3-5-14(19)6-4-12/h2-8,13H,9-10H2,1H3,(H,21,22). The first-order valence-electron chi connectivity index (χ1n) is 7.34. The van der Waals surface area contributed by atoms with Crippen LogP contribution < -0.4 is 0 Å². The highest BCUT2D eigenvalue weighted by Crippen LogP contribution is 2.30. The summed E-state index contributed by atoms with van der Waals surface area (Å²) in [7, 11) is 0. The number of hydrogen-bond donors (Lipinski definition) is 1. The number of aryl methyl sites for hydroxylation is 1. The molecule has 1 atom stereocenters. The molecule has 0 amide bonds. The van der Waals surface area contributed by atoms with Gasteiger partial charge in [-0.25, -0.2) is 4.98 Å². The van der Waals surface area contributed by atoms with Crippen molar-refractivity contribution in [2.45, 2.75) is 25.7 Å². The Morgan fingerprint density at radius 2 is 2.00 bits per heavy atom. The highest BCUT2D eigenvalue weighted by molar-refractivity contribution is 7.18. The van der Waals surface area contributed by atoms with Crippen LogP contribution in [-0.4, -0.2) is 16.1 Å². The molecule has 0 aliphatic carbocycles. The van der Waals surface area contributed by atoms with Gasteiger partial charge in [-0.3, -0.25) is 4.79 Å². The number of carbonyl (C=O) groups is 1. The van der Waals surface area contributed by atoms with E-state index in [9.17, 15) is 9.90 Å². The number of thiazole rings is 1. The van der Waals surface area contributed by atoms with Crippen LogP contribution in [0.15, 0.2) is 42.5 Å². The maximum absolute atomic E-state index is 11.2. The minimum absolute atomic E-state index is 0.0799. The number of nitrogens with zero attached hydrogens (tertiary/aromatic N) is 1. The van der Waals surface area contributed by atoms with Crippen LogP contribution in [0.25, 0.3) is 10.2 Å². The molecule has 1 N–H and O–H groups in total. The summed E-state index contributed by atoms with van der Waals surface area (Å²) in [4.78, 5) is 15.9. The number of carboxylic acids is 1. The van der Waals surface area contributed by atoms with Gasteiger partial charge in [-0.1, -0.05) is 29.8 Å². The molecule has 3 rings (SSSR count).